The third-order valence-electron chi connectivity index (χ3n) is 4.29. The van der Waals surface area contributed by atoms with Gasteiger partial charge in [0.25, 0.3) is 0 Å². The Balaban J connectivity index is 2.19. The number of ether oxygens (including phenoxy) is 4. The van der Waals surface area contributed by atoms with Crippen LogP contribution in [0.15, 0.2) is 42.6 Å². The summed E-state index contributed by atoms with van der Waals surface area (Å²) in [6, 6.07) is 10.9. The molecule has 2 aromatic carbocycles. The molecule has 0 aliphatic rings. The Morgan fingerprint density at radius 2 is 1.46 bits per heavy atom. The first-order valence-corrected chi connectivity index (χ1v) is 8.37. The van der Waals surface area contributed by atoms with Crippen molar-refractivity contribution in [2.45, 2.75) is 0 Å². The molecular weight excluding hydrogens is 362 g/mol. The lowest BCUT2D eigenvalue weighted by Gasteiger charge is -2.15. The summed E-state index contributed by atoms with van der Waals surface area (Å²) in [5, 5.41) is 17.7. The summed E-state index contributed by atoms with van der Waals surface area (Å²) >= 11 is 0. The van der Waals surface area contributed by atoms with E-state index < -0.39 is 0 Å². The highest BCUT2D eigenvalue weighted by molar-refractivity contribution is 5.84. The van der Waals surface area contributed by atoms with Crippen LogP contribution in [-0.4, -0.2) is 43.8 Å². The Hall–Kier alpha value is -3.52. The second kappa shape index (κ2) is 8.45. The lowest BCUT2D eigenvalue weighted by atomic mass is 9.99. The molecule has 0 fully saturated rings. The molecule has 8 nitrogen and oxygen atoms in total. The van der Waals surface area contributed by atoms with Crippen molar-refractivity contribution in [3.63, 3.8) is 0 Å². The minimum Gasteiger partial charge on any atom is -0.495 e. The Labute approximate surface area is 162 Å². The molecule has 0 saturated carbocycles. The SMILES string of the molecule is COc1ccc(-c2ccnnc2-c2cc(OC)c(OC)c(OC)c2)cc1NO. The van der Waals surface area contributed by atoms with Gasteiger partial charge in [-0.3, -0.25) is 10.7 Å². The Morgan fingerprint density at radius 3 is 2.04 bits per heavy atom. The summed E-state index contributed by atoms with van der Waals surface area (Å²) in [5.41, 5.74) is 5.58. The van der Waals surface area contributed by atoms with Crippen LogP contribution in [0.1, 0.15) is 0 Å². The zero-order valence-corrected chi connectivity index (χ0v) is 16.0. The fourth-order valence-electron chi connectivity index (χ4n) is 2.96. The van der Waals surface area contributed by atoms with Gasteiger partial charge in [-0.15, -0.1) is 5.10 Å². The molecule has 3 rings (SSSR count). The van der Waals surface area contributed by atoms with E-state index in [9.17, 15) is 5.21 Å². The van der Waals surface area contributed by atoms with Crippen molar-refractivity contribution in [2.24, 2.45) is 0 Å². The van der Waals surface area contributed by atoms with Crippen molar-refractivity contribution in [3.8, 4) is 45.4 Å². The third kappa shape index (κ3) is 3.49. The number of methoxy groups -OCH3 is 4. The van der Waals surface area contributed by atoms with Gasteiger partial charge >= 0.3 is 0 Å². The van der Waals surface area contributed by atoms with Crippen LogP contribution >= 0.6 is 0 Å². The van der Waals surface area contributed by atoms with E-state index >= 15 is 0 Å². The van der Waals surface area contributed by atoms with Crippen molar-refractivity contribution >= 4 is 5.69 Å². The first-order valence-electron chi connectivity index (χ1n) is 8.37. The number of nitrogens with one attached hydrogen (secondary N) is 1. The first kappa shape index (κ1) is 19.2. The van der Waals surface area contributed by atoms with Gasteiger partial charge in [0.15, 0.2) is 11.5 Å². The summed E-state index contributed by atoms with van der Waals surface area (Å²) in [5.74, 6) is 2.04. The first-order chi connectivity index (χ1) is 13.7. The molecular formula is C20H21N3O5. The summed E-state index contributed by atoms with van der Waals surface area (Å²) in [6.45, 7) is 0. The third-order valence-corrected chi connectivity index (χ3v) is 4.29. The predicted octanol–water partition coefficient (Wildman–Crippen LogP) is 3.65. The van der Waals surface area contributed by atoms with E-state index in [-0.39, 0.29) is 0 Å². The van der Waals surface area contributed by atoms with E-state index in [1.54, 1.807) is 39.7 Å². The predicted molar refractivity (Wildman–Crippen MR) is 105 cm³/mol. The highest BCUT2D eigenvalue weighted by atomic mass is 16.5. The Morgan fingerprint density at radius 1 is 0.786 bits per heavy atom. The maximum absolute atomic E-state index is 9.40. The molecule has 1 aromatic heterocycles. The monoisotopic (exact) mass is 383 g/mol. The van der Waals surface area contributed by atoms with E-state index in [0.717, 1.165) is 16.7 Å². The molecule has 0 spiro atoms. The number of benzene rings is 2. The molecule has 8 heteroatoms. The molecule has 2 N–H and O–H groups in total. The smallest absolute Gasteiger partial charge is 0.203 e. The van der Waals surface area contributed by atoms with Crippen molar-refractivity contribution in [1.29, 1.82) is 0 Å². The molecule has 0 aliphatic heterocycles. The molecule has 0 bridgehead atoms. The van der Waals surface area contributed by atoms with Crippen LogP contribution in [0.25, 0.3) is 22.4 Å². The highest BCUT2D eigenvalue weighted by Crippen LogP contribution is 2.43. The van der Waals surface area contributed by atoms with Gasteiger partial charge in [0.05, 0.1) is 34.6 Å². The van der Waals surface area contributed by atoms with Gasteiger partial charge in [-0.05, 0) is 35.9 Å². The molecule has 3 aromatic rings. The summed E-state index contributed by atoms with van der Waals surface area (Å²) in [7, 11) is 6.20. The number of anilines is 1. The van der Waals surface area contributed by atoms with Crippen LogP contribution in [0, 0.1) is 0 Å². The molecule has 146 valence electrons. The molecule has 1 heterocycles. The number of hydrogen-bond donors (Lipinski definition) is 2. The number of nitrogens with zero attached hydrogens (tertiary/aromatic N) is 2. The van der Waals surface area contributed by atoms with Crippen molar-refractivity contribution in [3.05, 3.63) is 42.6 Å². The van der Waals surface area contributed by atoms with E-state index in [1.807, 2.05) is 24.3 Å². The second-order valence-electron chi connectivity index (χ2n) is 5.73. The molecule has 0 aliphatic carbocycles. The lowest BCUT2D eigenvalue weighted by Crippen LogP contribution is -1.98. The molecule has 0 atom stereocenters. The minimum atomic E-state index is 0.438. The van der Waals surface area contributed by atoms with Gasteiger partial charge in [-0.1, -0.05) is 6.07 Å². The van der Waals surface area contributed by atoms with E-state index in [0.29, 0.717) is 34.4 Å². The minimum absolute atomic E-state index is 0.438. The van der Waals surface area contributed by atoms with Gasteiger partial charge in [0.2, 0.25) is 5.75 Å². The Bertz CT molecular complexity index is 953. The number of hydrogen-bond acceptors (Lipinski definition) is 8. The summed E-state index contributed by atoms with van der Waals surface area (Å²) in [4.78, 5) is 0. The van der Waals surface area contributed by atoms with Gasteiger partial charge in [0, 0.05) is 11.1 Å². The quantitative estimate of drug-likeness (QED) is 0.597. The van der Waals surface area contributed by atoms with Crippen molar-refractivity contribution in [1.82, 2.24) is 10.2 Å². The largest absolute Gasteiger partial charge is 0.495 e. The second-order valence-corrected chi connectivity index (χ2v) is 5.73. The van der Waals surface area contributed by atoms with Crippen molar-refractivity contribution in [2.75, 3.05) is 33.9 Å². The molecule has 0 unspecified atom stereocenters. The maximum atomic E-state index is 9.40. The van der Waals surface area contributed by atoms with E-state index in [2.05, 4.69) is 15.7 Å². The average Bonchev–Trinajstić information content (AvgIpc) is 2.77. The van der Waals surface area contributed by atoms with Crippen molar-refractivity contribution < 1.29 is 24.2 Å². The van der Waals surface area contributed by atoms with Crippen LogP contribution in [0.4, 0.5) is 5.69 Å². The standard InChI is InChI=1S/C20H21N3O5/c1-25-16-6-5-12(9-15(16)23-24)14-7-8-21-22-19(14)13-10-17(26-2)20(28-4)18(11-13)27-3/h5-11,23-24H,1-4H3. The Kier molecular flexibility index (Phi) is 5.81. The maximum Gasteiger partial charge on any atom is 0.203 e. The van der Waals surface area contributed by atoms with Gasteiger partial charge < -0.3 is 18.9 Å². The average molecular weight is 383 g/mol. The fraction of sp³-hybridized carbons (Fsp3) is 0.200. The van der Waals surface area contributed by atoms with Crippen LogP contribution in [0.2, 0.25) is 0 Å². The van der Waals surface area contributed by atoms with Crippen LogP contribution in [0.5, 0.6) is 23.0 Å². The topological polar surface area (TPSA) is 95.0 Å². The molecule has 0 saturated heterocycles. The summed E-state index contributed by atoms with van der Waals surface area (Å²) in [6.07, 6.45) is 1.60. The zero-order valence-electron chi connectivity index (χ0n) is 16.0. The number of rotatable bonds is 7. The number of aromatic nitrogens is 2. The van der Waals surface area contributed by atoms with Crippen LogP contribution in [-0.2, 0) is 0 Å². The summed E-state index contributed by atoms with van der Waals surface area (Å²) < 4.78 is 21.5. The van der Waals surface area contributed by atoms with Crippen LogP contribution in [0.3, 0.4) is 0 Å². The van der Waals surface area contributed by atoms with E-state index in [1.165, 1.54) is 7.11 Å². The molecule has 0 amide bonds. The van der Waals surface area contributed by atoms with E-state index in [4.69, 9.17) is 18.9 Å². The normalized spacial score (nSPS) is 10.3. The molecule has 28 heavy (non-hydrogen) atoms. The molecule has 0 radical (unpaired) electrons. The lowest BCUT2D eigenvalue weighted by molar-refractivity contribution is 0.324. The zero-order chi connectivity index (χ0) is 20.1. The van der Waals surface area contributed by atoms with Gasteiger partial charge in [-0.2, -0.15) is 5.10 Å². The fourth-order valence-corrected chi connectivity index (χ4v) is 2.96. The highest BCUT2D eigenvalue weighted by Gasteiger charge is 2.18. The van der Waals surface area contributed by atoms with Gasteiger partial charge in [-0.25, -0.2) is 0 Å². The van der Waals surface area contributed by atoms with Crippen LogP contribution < -0.4 is 24.4 Å². The van der Waals surface area contributed by atoms with Gasteiger partial charge in [0.1, 0.15) is 17.1 Å².